The van der Waals surface area contributed by atoms with E-state index in [-0.39, 0.29) is 17.7 Å². The Bertz CT molecular complexity index is 1240. The number of ether oxygens (including phenoxy) is 3. The van der Waals surface area contributed by atoms with Gasteiger partial charge in [0.15, 0.2) is 17.3 Å². The summed E-state index contributed by atoms with van der Waals surface area (Å²) in [6.07, 6.45) is 0.877. The Morgan fingerprint density at radius 1 is 1.11 bits per heavy atom. The Balaban J connectivity index is 1.72. The van der Waals surface area contributed by atoms with Gasteiger partial charge in [-0.2, -0.15) is 11.8 Å². The van der Waals surface area contributed by atoms with E-state index in [0.717, 1.165) is 22.6 Å². The van der Waals surface area contributed by atoms with E-state index >= 15 is 0 Å². The maximum Gasteiger partial charge on any atom is 0.315 e. The fraction of sp³-hybridized carbons (Fsp3) is 0.414. The number of carbonyl (C=O) groups excluding carboxylic acids is 2. The number of halogens is 1. The molecule has 0 radical (unpaired) electrons. The highest BCUT2D eigenvalue weighted by Crippen LogP contribution is 2.48. The lowest BCUT2D eigenvalue weighted by Crippen LogP contribution is -2.38. The van der Waals surface area contributed by atoms with Crippen molar-refractivity contribution in [2.45, 2.75) is 38.5 Å². The molecule has 0 saturated carbocycles. The quantitative estimate of drug-likeness (QED) is 0.277. The van der Waals surface area contributed by atoms with Gasteiger partial charge >= 0.3 is 5.97 Å². The Morgan fingerprint density at radius 2 is 1.86 bits per heavy atom. The second-order valence-electron chi connectivity index (χ2n) is 9.10. The van der Waals surface area contributed by atoms with Crippen molar-refractivity contribution in [3.05, 3.63) is 69.9 Å². The normalized spacial score (nSPS) is 21.3. The fourth-order valence-electron chi connectivity index (χ4n) is 5.21. The van der Waals surface area contributed by atoms with Crippen molar-refractivity contribution in [3.63, 3.8) is 0 Å². The average molecular weight is 542 g/mol. The summed E-state index contributed by atoms with van der Waals surface area (Å²) in [5.41, 5.74) is 3.64. The van der Waals surface area contributed by atoms with E-state index in [9.17, 15) is 9.59 Å². The van der Waals surface area contributed by atoms with Crippen LogP contribution in [0.4, 0.5) is 0 Å². The third kappa shape index (κ3) is 5.73. The van der Waals surface area contributed by atoms with Crippen LogP contribution < -0.4 is 9.47 Å². The monoisotopic (exact) mass is 541 g/mol. The number of nitrogens with zero attached hydrogens (tertiary/aromatic N) is 1. The maximum absolute atomic E-state index is 13.8. The van der Waals surface area contributed by atoms with Crippen LogP contribution in [0.1, 0.15) is 49.7 Å². The van der Waals surface area contributed by atoms with Crippen molar-refractivity contribution in [1.82, 2.24) is 0 Å². The van der Waals surface area contributed by atoms with Crippen LogP contribution in [-0.4, -0.2) is 49.8 Å². The minimum atomic E-state index is -0.702. The zero-order valence-electron chi connectivity index (χ0n) is 21.6. The molecule has 0 saturated heterocycles. The highest BCUT2D eigenvalue weighted by Gasteiger charge is 2.45. The summed E-state index contributed by atoms with van der Waals surface area (Å²) in [6.45, 7) is 4.22. The molecular formula is C29H32ClNO5S. The Hall–Kier alpha value is -2.77. The number of carbonyl (C=O) groups is 2. The summed E-state index contributed by atoms with van der Waals surface area (Å²) >= 11 is 8.34. The molecule has 6 nitrogen and oxygen atoms in total. The van der Waals surface area contributed by atoms with Gasteiger partial charge < -0.3 is 14.2 Å². The summed E-state index contributed by atoms with van der Waals surface area (Å²) in [6, 6.07) is 13.1. The number of Topliss-reactive ketones (excluding diaryl/α,β-unsaturated/α-hetero) is 1. The number of allylic oxidation sites excluding steroid dienone is 2. The van der Waals surface area contributed by atoms with Crippen LogP contribution >= 0.6 is 23.4 Å². The zero-order chi connectivity index (χ0) is 26.5. The predicted molar refractivity (Wildman–Crippen MR) is 148 cm³/mol. The highest BCUT2D eigenvalue weighted by atomic mass is 35.5. The second kappa shape index (κ2) is 12.2. The molecule has 196 valence electrons. The van der Waals surface area contributed by atoms with Gasteiger partial charge in [0.2, 0.25) is 0 Å². The third-order valence-electron chi connectivity index (χ3n) is 6.94. The predicted octanol–water partition coefficient (Wildman–Crippen LogP) is 6.23. The Morgan fingerprint density at radius 3 is 2.57 bits per heavy atom. The molecule has 0 aromatic heterocycles. The van der Waals surface area contributed by atoms with Crippen LogP contribution in [0.25, 0.3) is 0 Å². The van der Waals surface area contributed by atoms with Crippen LogP contribution in [-0.2, 0) is 14.3 Å². The van der Waals surface area contributed by atoms with E-state index in [1.165, 1.54) is 0 Å². The molecule has 0 spiro atoms. The summed E-state index contributed by atoms with van der Waals surface area (Å²) in [4.78, 5) is 32.0. The van der Waals surface area contributed by atoms with E-state index in [4.69, 9.17) is 30.8 Å². The van der Waals surface area contributed by atoms with Crippen LogP contribution in [0.15, 0.2) is 58.7 Å². The molecule has 0 bridgehead atoms. The smallest absolute Gasteiger partial charge is 0.315 e. The minimum absolute atomic E-state index is 0.0263. The van der Waals surface area contributed by atoms with Gasteiger partial charge in [-0.1, -0.05) is 42.8 Å². The zero-order valence-corrected chi connectivity index (χ0v) is 23.2. The number of esters is 1. The number of rotatable bonds is 9. The largest absolute Gasteiger partial charge is 0.493 e. The molecule has 1 aliphatic carbocycles. The molecule has 1 unspecified atom stereocenters. The molecule has 3 atom stereocenters. The van der Waals surface area contributed by atoms with Crippen LogP contribution in [0, 0.1) is 5.92 Å². The number of hydrogen-bond donors (Lipinski definition) is 0. The molecule has 2 aromatic carbocycles. The summed E-state index contributed by atoms with van der Waals surface area (Å²) in [5, 5.41) is 0.517. The van der Waals surface area contributed by atoms with Crippen molar-refractivity contribution in [2.24, 2.45) is 10.9 Å². The van der Waals surface area contributed by atoms with Gasteiger partial charge in [-0.25, -0.2) is 0 Å². The summed E-state index contributed by atoms with van der Waals surface area (Å²) < 4.78 is 16.5. The number of ketones is 1. The third-order valence-corrected chi connectivity index (χ3v) is 8.15. The van der Waals surface area contributed by atoms with Crippen molar-refractivity contribution >= 4 is 40.8 Å². The highest BCUT2D eigenvalue weighted by molar-refractivity contribution is 7.99. The first-order valence-corrected chi connectivity index (χ1v) is 13.9. The van der Waals surface area contributed by atoms with E-state index in [1.54, 1.807) is 32.0 Å². The van der Waals surface area contributed by atoms with Crippen molar-refractivity contribution in [2.75, 3.05) is 32.3 Å². The summed E-state index contributed by atoms with van der Waals surface area (Å²) in [5.74, 6) is 1.23. The molecule has 0 fully saturated rings. The minimum Gasteiger partial charge on any atom is -0.493 e. The van der Waals surface area contributed by atoms with E-state index < -0.39 is 11.8 Å². The molecular weight excluding hydrogens is 510 g/mol. The van der Waals surface area contributed by atoms with Crippen LogP contribution in [0.5, 0.6) is 11.5 Å². The van der Waals surface area contributed by atoms with E-state index in [2.05, 4.69) is 6.92 Å². The molecule has 2 aromatic rings. The van der Waals surface area contributed by atoms with Gasteiger partial charge in [-0.05, 0) is 54.3 Å². The van der Waals surface area contributed by atoms with Gasteiger partial charge in [0.05, 0.1) is 14.2 Å². The first kappa shape index (κ1) is 27.3. The SMILES string of the molecule is CCSCCOC(=O)C1C(C)=NC2=C(C(=O)C[C@H](c3ccc(OC)c(OC)c3)C2)[C@H]1c1ccccc1Cl. The number of aliphatic imine (C=N–C) groups is 1. The number of methoxy groups -OCH3 is 2. The topological polar surface area (TPSA) is 74.2 Å². The lowest BCUT2D eigenvalue weighted by molar-refractivity contribution is -0.145. The van der Waals surface area contributed by atoms with Gasteiger partial charge in [0, 0.05) is 40.1 Å². The summed E-state index contributed by atoms with van der Waals surface area (Å²) in [7, 11) is 3.19. The van der Waals surface area contributed by atoms with Crippen LogP contribution in [0.2, 0.25) is 5.02 Å². The molecule has 0 amide bonds. The number of hydrogen-bond acceptors (Lipinski definition) is 7. The molecule has 8 heteroatoms. The maximum atomic E-state index is 13.8. The van der Waals surface area contributed by atoms with Gasteiger partial charge in [0.1, 0.15) is 12.5 Å². The van der Waals surface area contributed by atoms with E-state index in [0.29, 0.717) is 53.0 Å². The number of benzene rings is 2. The fourth-order valence-corrected chi connectivity index (χ4v) is 5.95. The molecule has 2 aliphatic rings. The van der Waals surface area contributed by atoms with Crippen molar-refractivity contribution in [3.8, 4) is 11.5 Å². The van der Waals surface area contributed by atoms with Crippen LogP contribution in [0.3, 0.4) is 0 Å². The Kier molecular flexibility index (Phi) is 8.98. The number of thioether (sulfide) groups is 1. The molecule has 1 aliphatic heterocycles. The first-order chi connectivity index (χ1) is 17.9. The van der Waals surface area contributed by atoms with Gasteiger partial charge in [-0.3, -0.25) is 14.6 Å². The lowest BCUT2D eigenvalue weighted by Gasteiger charge is -2.37. The van der Waals surface area contributed by atoms with E-state index in [1.807, 2.05) is 43.3 Å². The van der Waals surface area contributed by atoms with Gasteiger partial charge in [0.25, 0.3) is 0 Å². The Labute approximate surface area is 227 Å². The molecule has 37 heavy (non-hydrogen) atoms. The van der Waals surface area contributed by atoms with Crippen molar-refractivity contribution < 1.29 is 23.8 Å². The standard InChI is InChI=1S/C29H32ClNO5S/c1-5-37-13-12-36-29(33)26-17(2)31-22-14-19(18-10-11-24(34-3)25(16-18)35-4)15-23(32)28(22)27(26)20-8-6-7-9-21(20)30/h6-11,16,19,26-27H,5,12-15H2,1-4H3/t19-,26?,27+/m1/s1. The molecule has 4 rings (SSSR count). The average Bonchev–Trinajstić information content (AvgIpc) is 2.90. The second-order valence-corrected chi connectivity index (χ2v) is 10.9. The first-order valence-electron chi connectivity index (χ1n) is 12.4. The molecule has 0 N–H and O–H groups in total. The van der Waals surface area contributed by atoms with Gasteiger partial charge in [-0.15, -0.1) is 0 Å². The van der Waals surface area contributed by atoms with Crippen molar-refractivity contribution in [1.29, 1.82) is 0 Å². The lowest BCUT2D eigenvalue weighted by atomic mass is 9.69. The molecule has 1 heterocycles.